The number of anilines is 1. The van der Waals surface area contributed by atoms with Crippen LogP contribution in [0, 0.1) is 10.1 Å². The predicted octanol–water partition coefficient (Wildman–Crippen LogP) is 1.90. The van der Waals surface area contributed by atoms with E-state index in [1.165, 1.54) is 18.2 Å². The van der Waals surface area contributed by atoms with Crippen LogP contribution in [0.3, 0.4) is 0 Å². The molecule has 0 saturated carbocycles. The molecule has 2 rings (SSSR count). The SMILES string of the molecule is NS(=O)(=O)c1ccc(CCNc2ccccc2[N+](=O)[O-])cc1. The molecule has 0 heterocycles. The van der Waals surface area contributed by atoms with Crippen molar-refractivity contribution in [2.75, 3.05) is 11.9 Å². The molecule has 2 aromatic rings. The van der Waals surface area contributed by atoms with Crippen molar-refractivity contribution in [3.8, 4) is 0 Å². The van der Waals surface area contributed by atoms with Gasteiger partial charge < -0.3 is 5.32 Å². The van der Waals surface area contributed by atoms with Gasteiger partial charge in [-0.1, -0.05) is 24.3 Å². The smallest absolute Gasteiger partial charge is 0.292 e. The van der Waals surface area contributed by atoms with Gasteiger partial charge in [-0.2, -0.15) is 0 Å². The molecule has 0 atom stereocenters. The summed E-state index contributed by atoms with van der Waals surface area (Å²) in [7, 11) is -3.69. The number of para-hydroxylation sites is 2. The molecule has 0 bridgehead atoms. The Morgan fingerprint density at radius 2 is 1.73 bits per heavy atom. The zero-order valence-corrected chi connectivity index (χ0v) is 12.4. The van der Waals surface area contributed by atoms with Gasteiger partial charge in [0.05, 0.1) is 9.82 Å². The van der Waals surface area contributed by atoms with Gasteiger partial charge in [0.15, 0.2) is 0 Å². The van der Waals surface area contributed by atoms with Crippen molar-refractivity contribution >= 4 is 21.4 Å². The van der Waals surface area contributed by atoms with Gasteiger partial charge in [-0.3, -0.25) is 10.1 Å². The Morgan fingerprint density at radius 3 is 2.32 bits per heavy atom. The van der Waals surface area contributed by atoms with Crippen LogP contribution in [0.2, 0.25) is 0 Å². The molecule has 7 nitrogen and oxygen atoms in total. The third-order valence-corrected chi connectivity index (χ3v) is 4.01. The number of nitrogens with zero attached hydrogens (tertiary/aromatic N) is 1. The molecule has 0 spiro atoms. The van der Waals surface area contributed by atoms with Crippen molar-refractivity contribution in [2.45, 2.75) is 11.3 Å². The predicted molar refractivity (Wildman–Crippen MR) is 83.1 cm³/mol. The number of nitrogens with one attached hydrogen (secondary N) is 1. The second kappa shape index (κ2) is 6.54. The van der Waals surface area contributed by atoms with Crippen LogP contribution in [0.15, 0.2) is 53.4 Å². The average molecular weight is 321 g/mol. The van der Waals surface area contributed by atoms with E-state index in [2.05, 4.69) is 5.32 Å². The minimum Gasteiger partial charge on any atom is -0.379 e. The fraction of sp³-hybridized carbons (Fsp3) is 0.143. The van der Waals surface area contributed by atoms with Gasteiger partial charge in [0.2, 0.25) is 10.0 Å². The summed E-state index contributed by atoms with van der Waals surface area (Å²) in [4.78, 5) is 10.5. The Kier molecular flexibility index (Phi) is 4.74. The highest BCUT2D eigenvalue weighted by atomic mass is 32.2. The fourth-order valence-electron chi connectivity index (χ4n) is 1.97. The standard InChI is InChI=1S/C14H15N3O4S/c15-22(20,21)12-7-5-11(6-8-12)9-10-16-13-3-1-2-4-14(13)17(18)19/h1-8,16H,9-10H2,(H2,15,20,21). The van der Waals surface area contributed by atoms with E-state index in [0.29, 0.717) is 18.7 Å². The summed E-state index contributed by atoms with van der Waals surface area (Å²) in [6.07, 6.45) is 0.594. The lowest BCUT2D eigenvalue weighted by Gasteiger charge is -2.07. The first-order chi connectivity index (χ1) is 10.4. The summed E-state index contributed by atoms with van der Waals surface area (Å²) in [5.41, 5.74) is 1.37. The van der Waals surface area contributed by atoms with E-state index < -0.39 is 14.9 Å². The van der Waals surface area contributed by atoms with Crippen LogP contribution in [0.1, 0.15) is 5.56 Å². The minimum absolute atomic E-state index is 0.0204. The van der Waals surface area contributed by atoms with Crippen molar-refractivity contribution in [1.29, 1.82) is 0 Å². The fourth-order valence-corrected chi connectivity index (χ4v) is 2.49. The van der Waals surface area contributed by atoms with Gasteiger partial charge >= 0.3 is 0 Å². The number of benzene rings is 2. The summed E-state index contributed by atoms with van der Waals surface area (Å²) in [6.45, 7) is 0.486. The lowest BCUT2D eigenvalue weighted by molar-refractivity contribution is -0.384. The van der Waals surface area contributed by atoms with Crippen LogP contribution >= 0.6 is 0 Å². The summed E-state index contributed by atoms with van der Waals surface area (Å²) in [5, 5.41) is 18.9. The van der Waals surface area contributed by atoms with Gasteiger partial charge in [-0.15, -0.1) is 0 Å². The van der Waals surface area contributed by atoms with Crippen LogP contribution < -0.4 is 10.5 Å². The van der Waals surface area contributed by atoms with Crippen LogP contribution in [0.4, 0.5) is 11.4 Å². The second-order valence-electron chi connectivity index (χ2n) is 4.64. The highest BCUT2D eigenvalue weighted by Gasteiger charge is 2.11. The van der Waals surface area contributed by atoms with E-state index >= 15 is 0 Å². The number of nitro groups is 1. The van der Waals surface area contributed by atoms with E-state index in [4.69, 9.17) is 5.14 Å². The maximum absolute atomic E-state index is 11.1. The number of hydrogen-bond acceptors (Lipinski definition) is 5. The van der Waals surface area contributed by atoms with Crippen molar-refractivity contribution in [2.24, 2.45) is 5.14 Å². The van der Waals surface area contributed by atoms with Gasteiger partial charge in [-0.05, 0) is 30.2 Å². The Bertz CT molecular complexity index is 773. The Morgan fingerprint density at radius 1 is 1.09 bits per heavy atom. The number of nitrogens with two attached hydrogens (primary N) is 1. The van der Waals surface area contributed by atoms with Crippen LogP contribution in [-0.4, -0.2) is 19.9 Å². The molecule has 0 aliphatic rings. The number of nitro benzene ring substituents is 1. The first-order valence-corrected chi connectivity index (χ1v) is 8.01. The molecule has 22 heavy (non-hydrogen) atoms. The molecule has 116 valence electrons. The number of sulfonamides is 1. The lowest BCUT2D eigenvalue weighted by atomic mass is 10.1. The number of rotatable bonds is 6. The van der Waals surface area contributed by atoms with Crippen molar-refractivity contribution < 1.29 is 13.3 Å². The summed E-state index contributed by atoms with van der Waals surface area (Å²) >= 11 is 0. The van der Waals surface area contributed by atoms with E-state index in [1.54, 1.807) is 30.3 Å². The third-order valence-electron chi connectivity index (χ3n) is 3.08. The summed E-state index contributed by atoms with van der Waals surface area (Å²) < 4.78 is 22.3. The molecule has 8 heteroatoms. The quantitative estimate of drug-likeness (QED) is 0.622. The summed E-state index contributed by atoms with van der Waals surface area (Å²) in [5.74, 6) is 0. The number of hydrogen-bond donors (Lipinski definition) is 2. The minimum atomic E-state index is -3.69. The average Bonchev–Trinajstić information content (AvgIpc) is 2.47. The molecule has 0 aromatic heterocycles. The second-order valence-corrected chi connectivity index (χ2v) is 6.20. The van der Waals surface area contributed by atoms with Crippen molar-refractivity contribution in [1.82, 2.24) is 0 Å². The van der Waals surface area contributed by atoms with Crippen LogP contribution in [0.25, 0.3) is 0 Å². The highest BCUT2D eigenvalue weighted by molar-refractivity contribution is 7.89. The first kappa shape index (κ1) is 15.9. The van der Waals surface area contributed by atoms with Crippen LogP contribution in [0.5, 0.6) is 0 Å². The van der Waals surface area contributed by atoms with E-state index in [1.807, 2.05) is 0 Å². The number of primary sulfonamides is 1. The molecular weight excluding hydrogens is 306 g/mol. The van der Waals surface area contributed by atoms with E-state index in [9.17, 15) is 18.5 Å². The van der Waals surface area contributed by atoms with Gasteiger partial charge in [0, 0.05) is 12.6 Å². The zero-order valence-electron chi connectivity index (χ0n) is 11.6. The Labute approximate surface area is 128 Å². The van der Waals surface area contributed by atoms with Crippen molar-refractivity contribution in [3.63, 3.8) is 0 Å². The molecule has 0 aliphatic carbocycles. The monoisotopic (exact) mass is 321 g/mol. The maximum atomic E-state index is 11.1. The van der Waals surface area contributed by atoms with E-state index in [0.717, 1.165) is 5.56 Å². The zero-order chi connectivity index (χ0) is 16.2. The van der Waals surface area contributed by atoms with Gasteiger partial charge in [-0.25, -0.2) is 13.6 Å². The van der Waals surface area contributed by atoms with Gasteiger partial charge in [0.25, 0.3) is 5.69 Å². The normalized spacial score (nSPS) is 11.1. The van der Waals surface area contributed by atoms with Crippen LogP contribution in [-0.2, 0) is 16.4 Å². The molecule has 3 N–H and O–H groups in total. The highest BCUT2D eigenvalue weighted by Crippen LogP contribution is 2.23. The molecule has 0 saturated heterocycles. The molecule has 0 radical (unpaired) electrons. The maximum Gasteiger partial charge on any atom is 0.292 e. The largest absolute Gasteiger partial charge is 0.379 e. The third kappa shape index (κ3) is 4.03. The van der Waals surface area contributed by atoms with Gasteiger partial charge in [0.1, 0.15) is 5.69 Å². The Hall–Kier alpha value is -2.45. The topological polar surface area (TPSA) is 115 Å². The molecule has 0 amide bonds. The lowest BCUT2D eigenvalue weighted by Crippen LogP contribution is -2.12. The first-order valence-electron chi connectivity index (χ1n) is 6.47. The van der Waals surface area contributed by atoms with Crippen molar-refractivity contribution in [3.05, 3.63) is 64.2 Å². The molecule has 0 aliphatic heterocycles. The molecule has 0 fully saturated rings. The molecule has 2 aromatic carbocycles. The van der Waals surface area contributed by atoms with E-state index in [-0.39, 0.29) is 10.6 Å². The Balaban J connectivity index is 1.99. The summed E-state index contributed by atoms with van der Waals surface area (Å²) in [6, 6.07) is 12.6. The molecular formula is C14H15N3O4S. The molecule has 0 unspecified atom stereocenters.